The number of carbonyl (C=O) groups is 1. The molecule has 1 amide bonds. The van der Waals surface area contributed by atoms with Gasteiger partial charge in [-0.2, -0.15) is 0 Å². The summed E-state index contributed by atoms with van der Waals surface area (Å²) >= 11 is 0. The molecule has 152 valence electrons. The molecule has 2 heterocycles. The van der Waals surface area contributed by atoms with E-state index in [1.54, 1.807) is 19.9 Å². The highest BCUT2D eigenvalue weighted by molar-refractivity contribution is 5.99. The molecule has 0 spiro atoms. The van der Waals surface area contributed by atoms with Crippen LogP contribution in [0.25, 0.3) is 11.0 Å². The van der Waals surface area contributed by atoms with E-state index in [4.69, 9.17) is 9.15 Å². The molecule has 0 aliphatic carbocycles. The van der Waals surface area contributed by atoms with Gasteiger partial charge < -0.3 is 19.2 Å². The number of hydrogen-bond donors (Lipinski definition) is 1. The summed E-state index contributed by atoms with van der Waals surface area (Å²) in [6.45, 7) is 3.75. The molecule has 2 atom stereocenters. The van der Waals surface area contributed by atoms with Gasteiger partial charge in [-0.1, -0.05) is 6.07 Å². The van der Waals surface area contributed by atoms with Gasteiger partial charge in [0.2, 0.25) is 0 Å². The lowest BCUT2D eigenvalue weighted by atomic mass is 9.90. The highest BCUT2D eigenvalue weighted by Gasteiger charge is 2.42. The predicted molar refractivity (Wildman–Crippen MR) is 103 cm³/mol. The molecule has 0 unspecified atom stereocenters. The van der Waals surface area contributed by atoms with E-state index in [2.05, 4.69) is 0 Å². The van der Waals surface area contributed by atoms with Gasteiger partial charge in [0.1, 0.15) is 34.7 Å². The van der Waals surface area contributed by atoms with Crippen LogP contribution in [0.1, 0.15) is 29.5 Å². The first-order chi connectivity index (χ1) is 13.7. The van der Waals surface area contributed by atoms with Crippen molar-refractivity contribution in [2.75, 3.05) is 13.1 Å². The van der Waals surface area contributed by atoms with Crippen molar-refractivity contribution in [3.63, 3.8) is 0 Å². The lowest BCUT2D eigenvalue weighted by Gasteiger charge is -2.42. The highest BCUT2D eigenvalue weighted by Crippen LogP contribution is 2.31. The normalized spacial score (nSPS) is 22.1. The quantitative estimate of drug-likeness (QED) is 0.719. The number of amides is 1. The summed E-state index contributed by atoms with van der Waals surface area (Å²) < 4.78 is 38.5. The van der Waals surface area contributed by atoms with Crippen LogP contribution in [-0.4, -0.2) is 40.7 Å². The molecular formula is C22H21F2NO4. The van der Waals surface area contributed by atoms with Crippen LogP contribution in [0.15, 0.2) is 46.9 Å². The standard InChI is InChI=1S/C22H21F2NO4/c1-13-17-11-15(24)6-7-18(17)29-20(13)21(26)25-9-8-22(2,27)19(12-25)28-16-5-3-4-14(23)10-16/h3-7,10-11,19,27H,8-9,12H2,1-2H3/t19-,22-/m0/s1. The molecule has 2 aromatic carbocycles. The number of benzene rings is 2. The molecule has 1 N–H and O–H groups in total. The van der Waals surface area contributed by atoms with Gasteiger partial charge in [-0.15, -0.1) is 0 Å². The van der Waals surface area contributed by atoms with Gasteiger partial charge in [0.25, 0.3) is 5.91 Å². The lowest BCUT2D eigenvalue weighted by Crippen LogP contribution is -2.57. The zero-order valence-corrected chi connectivity index (χ0v) is 16.1. The Bertz CT molecular complexity index is 1080. The van der Waals surface area contributed by atoms with Crippen LogP contribution in [0.3, 0.4) is 0 Å². The average molecular weight is 401 g/mol. The summed E-state index contributed by atoms with van der Waals surface area (Å²) in [5.74, 6) is -0.798. The van der Waals surface area contributed by atoms with Gasteiger partial charge in [0.15, 0.2) is 5.76 Å². The fraction of sp³-hybridized carbons (Fsp3) is 0.318. The molecule has 0 bridgehead atoms. The molecule has 0 radical (unpaired) electrons. The lowest BCUT2D eigenvalue weighted by molar-refractivity contribution is -0.0885. The minimum atomic E-state index is -1.19. The van der Waals surface area contributed by atoms with E-state index in [9.17, 15) is 18.7 Å². The number of hydrogen-bond acceptors (Lipinski definition) is 4. The number of aliphatic hydroxyl groups is 1. The van der Waals surface area contributed by atoms with E-state index in [0.29, 0.717) is 23.1 Å². The summed E-state index contributed by atoms with van der Waals surface area (Å²) in [6.07, 6.45) is -0.462. The van der Waals surface area contributed by atoms with E-state index >= 15 is 0 Å². The van der Waals surface area contributed by atoms with E-state index in [-0.39, 0.29) is 30.4 Å². The van der Waals surface area contributed by atoms with E-state index in [0.717, 1.165) is 0 Å². The Morgan fingerprint density at radius 1 is 1.24 bits per heavy atom. The number of likely N-dealkylation sites (tertiary alicyclic amines) is 1. The fourth-order valence-corrected chi connectivity index (χ4v) is 3.60. The predicted octanol–water partition coefficient (Wildman–Crippen LogP) is 4.06. The molecule has 1 saturated heterocycles. The van der Waals surface area contributed by atoms with Gasteiger partial charge in [0, 0.05) is 23.6 Å². The van der Waals surface area contributed by atoms with Gasteiger partial charge in [-0.05, 0) is 50.6 Å². The number of carbonyl (C=O) groups excluding carboxylic acids is 1. The summed E-state index contributed by atoms with van der Waals surface area (Å²) in [5, 5.41) is 11.3. The molecule has 1 fully saturated rings. The van der Waals surface area contributed by atoms with Crippen LogP contribution in [0.5, 0.6) is 5.75 Å². The number of nitrogens with zero attached hydrogens (tertiary/aromatic N) is 1. The minimum absolute atomic E-state index is 0.104. The van der Waals surface area contributed by atoms with Crippen molar-refractivity contribution in [1.29, 1.82) is 0 Å². The van der Waals surface area contributed by atoms with Crippen molar-refractivity contribution in [2.45, 2.75) is 32.0 Å². The zero-order valence-electron chi connectivity index (χ0n) is 16.1. The van der Waals surface area contributed by atoms with Crippen LogP contribution in [0, 0.1) is 18.6 Å². The third kappa shape index (κ3) is 3.70. The largest absolute Gasteiger partial charge is 0.485 e. The Morgan fingerprint density at radius 2 is 2.00 bits per heavy atom. The maximum absolute atomic E-state index is 13.5. The van der Waals surface area contributed by atoms with Crippen LogP contribution in [0.2, 0.25) is 0 Å². The molecule has 1 aliphatic rings. The zero-order chi connectivity index (χ0) is 20.8. The Kier molecular flexibility index (Phi) is 4.78. The number of ether oxygens (including phenoxy) is 1. The second kappa shape index (κ2) is 7.15. The second-order valence-corrected chi connectivity index (χ2v) is 7.62. The summed E-state index contributed by atoms with van der Waals surface area (Å²) in [6, 6.07) is 9.75. The number of fused-ring (bicyclic) bond motifs is 1. The van der Waals surface area contributed by atoms with Crippen molar-refractivity contribution < 1.29 is 27.8 Å². The molecule has 5 nitrogen and oxygen atoms in total. The molecule has 1 aliphatic heterocycles. The number of aryl methyl sites for hydroxylation is 1. The van der Waals surface area contributed by atoms with E-state index in [1.807, 2.05) is 0 Å². The summed E-state index contributed by atoms with van der Waals surface area (Å²) in [5.41, 5.74) is -0.192. The van der Waals surface area contributed by atoms with Crippen LogP contribution in [-0.2, 0) is 0 Å². The first kappa shape index (κ1) is 19.4. The minimum Gasteiger partial charge on any atom is -0.485 e. The Labute approximate surface area is 166 Å². The Balaban J connectivity index is 1.59. The topological polar surface area (TPSA) is 62.9 Å². The molecule has 7 heteroatoms. The molecule has 1 aromatic heterocycles. The Hall–Kier alpha value is -2.93. The van der Waals surface area contributed by atoms with Gasteiger partial charge >= 0.3 is 0 Å². The highest BCUT2D eigenvalue weighted by atomic mass is 19.1. The van der Waals surface area contributed by atoms with Crippen molar-refractivity contribution >= 4 is 16.9 Å². The number of rotatable bonds is 3. The monoisotopic (exact) mass is 401 g/mol. The third-order valence-corrected chi connectivity index (χ3v) is 5.42. The van der Waals surface area contributed by atoms with Crippen LogP contribution in [0.4, 0.5) is 8.78 Å². The first-order valence-corrected chi connectivity index (χ1v) is 9.37. The van der Waals surface area contributed by atoms with Crippen LogP contribution >= 0.6 is 0 Å². The van der Waals surface area contributed by atoms with Crippen molar-refractivity contribution in [3.05, 3.63) is 65.4 Å². The van der Waals surface area contributed by atoms with Gasteiger partial charge in [-0.25, -0.2) is 8.78 Å². The van der Waals surface area contributed by atoms with Crippen LogP contribution < -0.4 is 4.74 Å². The number of piperidine rings is 1. The molecule has 3 aromatic rings. The molecule has 29 heavy (non-hydrogen) atoms. The first-order valence-electron chi connectivity index (χ1n) is 9.37. The van der Waals surface area contributed by atoms with Crippen molar-refractivity contribution in [2.24, 2.45) is 0 Å². The van der Waals surface area contributed by atoms with Gasteiger partial charge in [0.05, 0.1) is 6.54 Å². The third-order valence-electron chi connectivity index (χ3n) is 5.42. The molecule has 0 saturated carbocycles. The maximum Gasteiger partial charge on any atom is 0.290 e. The smallest absolute Gasteiger partial charge is 0.290 e. The molecule has 4 rings (SSSR count). The Morgan fingerprint density at radius 3 is 2.76 bits per heavy atom. The fourth-order valence-electron chi connectivity index (χ4n) is 3.60. The maximum atomic E-state index is 13.5. The van der Waals surface area contributed by atoms with E-state index < -0.39 is 23.3 Å². The number of halogens is 2. The average Bonchev–Trinajstić information content (AvgIpc) is 2.99. The van der Waals surface area contributed by atoms with Gasteiger partial charge in [-0.3, -0.25) is 4.79 Å². The SMILES string of the molecule is Cc1c(C(=O)N2CC[C@](C)(O)[C@@H](Oc3cccc(F)c3)C2)oc2ccc(F)cc12. The molecular weight excluding hydrogens is 380 g/mol. The van der Waals surface area contributed by atoms with Crippen molar-refractivity contribution in [3.8, 4) is 5.75 Å². The van der Waals surface area contributed by atoms with E-state index in [1.165, 1.54) is 41.3 Å². The summed E-state index contributed by atoms with van der Waals surface area (Å²) in [7, 11) is 0. The summed E-state index contributed by atoms with van der Waals surface area (Å²) in [4.78, 5) is 14.6. The second-order valence-electron chi connectivity index (χ2n) is 7.62. The number of furan rings is 1. The van der Waals surface area contributed by atoms with Crippen molar-refractivity contribution in [1.82, 2.24) is 4.90 Å².